The molecule has 0 aliphatic carbocycles. The molecule has 0 saturated carbocycles. The van der Waals surface area contributed by atoms with Gasteiger partial charge >= 0.3 is 5.97 Å². The van der Waals surface area contributed by atoms with Crippen LogP contribution in [0.5, 0.6) is 0 Å². The summed E-state index contributed by atoms with van der Waals surface area (Å²) < 4.78 is 0. The van der Waals surface area contributed by atoms with Crippen LogP contribution in [-0.2, 0) is 11.2 Å². The zero-order valence-electron chi connectivity index (χ0n) is 9.96. The summed E-state index contributed by atoms with van der Waals surface area (Å²) >= 11 is 0. The fourth-order valence-corrected chi connectivity index (χ4v) is 2.16. The van der Waals surface area contributed by atoms with Gasteiger partial charge in [0.05, 0.1) is 5.69 Å². The van der Waals surface area contributed by atoms with Crippen molar-refractivity contribution < 1.29 is 9.90 Å². The van der Waals surface area contributed by atoms with Gasteiger partial charge in [0.1, 0.15) is 0 Å². The average molecular weight is 235 g/mol. The Morgan fingerprint density at radius 3 is 2.94 bits per heavy atom. The van der Waals surface area contributed by atoms with Gasteiger partial charge < -0.3 is 10.0 Å². The third-order valence-electron chi connectivity index (χ3n) is 3.14. The van der Waals surface area contributed by atoms with Gasteiger partial charge in [0.25, 0.3) is 0 Å². The summed E-state index contributed by atoms with van der Waals surface area (Å²) in [7, 11) is 0. The standard InChI is InChI=1S/C12H17N3O2/c1-2-10-3-4-11(14-13-10)15-6-5-9(8-15)7-12(16)17/h3-4,9H,2,5-8H2,1H3,(H,16,17). The molecule has 17 heavy (non-hydrogen) atoms. The molecule has 0 aromatic carbocycles. The normalized spacial score (nSPS) is 19.6. The molecule has 1 fully saturated rings. The maximum absolute atomic E-state index is 10.6. The Hall–Kier alpha value is -1.65. The molecule has 5 nitrogen and oxygen atoms in total. The molecule has 1 unspecified atom stereocenters. The number of hydrogen-bond acceptors (Lipinski definition) is 4. The Morgan fingerprint density at radius 1 is 1.53 bits per heavy atom. The number of carboxylic acids is 1. The van der Waals surface area contributed by atoms with Crippen LogP contribution in [0.15, 0.2) is 12.1 Å². The predicted octanol–water partition coefficient (Wildman–Crippen LogP) is 1.34. The summed E-state index contributed by atoms with van der Waals surface area (Å²) in [5.41, 5.74) is 0.982. The second kappa shape index (κ2) is 5.12. The van der Waals surface area contributed by atoms with Gasteiger partial charge in [-0.1, -0.05) is 6.92 Å². The lowest BCUT2D eigenvalue weighted by molar-refractivity contribution is -0.137. The largest absolute Gasteiger partial charge is 0.481 e. The van der Waals surface area contributed by atoms with Crippen LogP contribution in [0, 0.1) is 5.92 Å². The Kier molecular flexibility index (Phi) is 3.56. The topological polar surface area (TPSA) is 66.3 Å². The maximum atomic E-state index is 10.6. The van der Waals surface area contributed by atoms with E-state index in [4.69, 9.17) is 5.11 Å². The second-order valence-electron chi connectivity index (χ2n) is 4.44. The van der Waals surface area contributed by atoms with Crippen molar-refractivity contribution in [2.75, 3.05) is 18.0 Å². The van der Waals surface area contributed by atoms with Gasteiger partial charge in [-0.3, -0.25) is 4.79 Å². The van der Waals surface area contributed by atoms with E-state index < -0.39 is 5.97 Å². The number of rotatable bonds is 4. The third-order valence-corrected chi connectivity index (χ3v) is 3.14. The Balaban J connectivity index is 1.97. The van der Waals surface area contributed by atoms with Gasteiger partial charge in [0, 0.05) is 19.5 Å². The van der Waals surface area contributed by atoms with Crippen LogP contribution in [0.3, 0.4) is 0 Å². The number of anilines is 1. The number of hydrogen-bond donors (Lipinski definition) is 1. The minimum Gasteiger partial charge on any atom is -0.481 e. The van der Waals surface area contributed by atoms with E-state index in [9.17, 15) is 4.79 Å². The first-order valence-electron chi connectivity index (χ1n) is 5.98. The lowest BCUT2D eigenvalue weighted by atomic mass is 10.1. The molecule has 1 aliphatic heterocycles. The lowest BCUT2D eigenvalue weighted by Gasteiger charge is -2.16. The van der Waals surface area contributed by atoms with E-state index >= 15 is 0 Å². The quantitative estimate of drug-likeness (QED) is 0.853. The van der Waals surface area contributed by atoms with Crippen LogP contribution in [0.1, 0.15) is 25.5 Å². The molecule has 2 rings (SSSR count). The van der Waals surface area contributed by atoms with Gasteiger partial charge in [-0.25, -0.2) is 0 Å². The second-order valence-corrected chi connectivity index (χ2v) is 4.44. The van der Waals surface area contributed by atoms with Gasteiger partial charge in [-0.15, -0.1) is 5.10 Å². The SMILES string of the molecule is CCc1ccc(N2CCC(CC(=O)O)C2)nn1. The molecule has 0 radical (unpaired) electrons. The number of carboxylic acid groups (broad SMARTS) is 1. The van der Waals surface area contributed by atoms with Gasteiger partial charge in [-0.2, -0.15) is 5.10 Å². The smallest absolute Gasteiger partial charge is 0.303 e. The van der Waals surface area contributed by atoms with E-state index in [-0.39, 0.29) is 12.3 Å². The number of carbonyl (C=O) groups is 1. The van der Waals surface area contributed by atoms with E-state index in [2.05, 4.69) is 15.1 Å². The van der Waals surface area contributed by atoms with E-state index in [1.807, 2.05) is 19.1 Å². The minimum absolute atomic E-state index is 0.236. The zero-order valence-corrected chi connectivity index (χ0v) is 9.96. The average Bonchev–Trinajstić information content (AvgIpc) is 2.77. The zero-order chi connectivity index (χ0) is 12.3. The van der Waals surface area contributed by atoms with Crippen molar-refractivity contribution in [1.29, 1.82) is 0 Å². The Labute approximate surface area is 100 Å². The number of aromatic nitrogens is 2. The van der Waals surface area contributed by atoms with Gasteiger partial charge in [-0.05, 0) is 30.9 Å². The summed E-state index contributed by atoms with van der Waals surface area (Å²) in [5.74, 6) is 0.375. The fraction of sp³-hybridized carbons (Fsp3) is 0.583. The number of nitrogens with zero attached hydrogens (tertiary/aromatic N) is 3. The molecule has 2 heterocycles. The summed E-state index contributed by atoms with van der Waals surface area (Å²) in [6.45, 7) is 3.69. The van der Waals surface area contributed by atoms with Crippen molar-refractivity contribution >= 4 is 11.8 Å². The van der Waals surface area contributed by atoms with Crippen molar-refractivity contribution in [3.8, 4) is 0 Å². The number of aliphatic carboxylic acids is 1. The molecule has 92 valence electrons. The van der Waals surface area contributed by atoms with E-state index in [0.717, 1.165) is 37.4 Å². The first-order chi connectivity index (χ1) is 8.19. The monoisotopic (exact) mass is 235 g/mol. The highest BCUT2D eigenvalue weighted by Gasteiger charge is 2.25. The molecule has 1 aliphatic rings. The molecular formula is C12H17N3O2. The summed E-state index contributed by atoms with van der Waals surface area (Å²) in [6, 6.07) is 3.95. The molecule has 0 spiro atoms. The van der Waals surface area contributed by atoms with Crippen LogP contribution in [0.4, 0.5) is 5.82 Å². The maximum Gasteiger partial charge on any atom is 0.303 e. The summed E-state index contributed by atoms with van der Waals surface area (Å²) in [4.78, 5) is 12.7. The van der Waals surface area contributed by atoms with Crippen LogP contribution in [0.25, 0.3) is 0 Å². The molecule has 1 aromatic heterocycles. The molecule has 1 N–H and O–H groups in total. The third kappa shape index (κ3) is 2.93. The fourth-order valence-electron chi connectivity index (χ4n) is 2.16. The highest BCUT2D eigenvalue weighted by molar-refractivity contribution is 5.67. The van der Waals surface area contributed by atoms with Gasteiger partial charge in [0.2, 0.25) is 0 Å². The highest BCUT2D eigenvalue weighted by Crippen LogP contribution is 2.23. The van der Waals surface area contributed by atoms with E-state index in [1.165, 1.54) is 0 Å². The number of aryl methyl sites for hydroxylation is 1. The predicted molar refractivity (Wildman–Crippen MR) is 64.0 cm³/mol. The van der Waals surface area contributed by atoms with E-state index in [1.54, 1.807) is 0 Å². The van der Waals surface area contributed by atoms with Crippen molar-refractivity contribution in [3.63, 3.8) is 0 Å². The molecular weight excluding hydrogens is 218 g/mol. The molecule has 0 bridgehead atoms. The molecule has 1 atom stereocenters. The van der Waals surface area contributed by atoms with Crippen LogP contribution >= 0.6 is 0 Å². The van der Waals surface area contributed by atoms with Crippen molar-refractivity contribution in [2.45, 2.75) is 26.2 Å². The van der Waals surface area contributed by atoms with E-state index in [0.29, 0.717) is 0 Å². The Bertz CT molecular complexity index is 391. The summed E-state index contributed by atoms with van der Waals surface area (Å²) in [5, 5.41) is 17.0. The van der Waals surface area contributed by atoms with Crippen molar-refractivity contribution in [3.05, 3.63) is 17.8 Å². The van der Waals surface area contributed by atoms with Crippen LogP contribution in [0.2, 0.25) is 0 Å². The van der Waals surface area contributed by atoms with Crippen molar-refractivity contribution in [1.82, 2.24) is 10.2 Å². The van der Waals surface area contributed by atoms with Gasteiger partial charge in [0.15, 0.2) is 5.82 Å². The first kappa shape index (κ1) is 11.8. The highest BCUT2D eigenvalue weighted by atomic mass is 16.4. The molecule has 0 amide bonds. The van der Waals surface area contributed by atoms with Crippen LogP contribution < -0.4 is 4.90 Å². The van der Waals surface area contributed by atoms with Crippen LogP contribution in [-0.4, -0.2) is 34.4 Å². The summed E-state index contributed by atoms with van der Waals surface area (Å²) in [6.07, 6.45) is 2.05. The molecule has 1 aromatic rings. The molecule has 5 heteroatoms. The lowest BCUT2D eigenvalue weighted by Crippen LogP contribution is -2.22. The molecule has 1 saturated heterocycles. The first-order valence-corrected chi connectivity index (χ1v) is 5.98. The van der Waals surface area contributed by atoms with Crippen molar-refractivity contribution in [2.24, 2.45) is 5.92 Å². The Morgan fingerprint density at radius 2 is 2.35 bits per heavy atom. The minimum atomic E-state index is -0.718.